The highest BCUT2D eigenvalue weighted by Crippen LogP contribution is 2.33. The van der Waals surface area contributed by atoms with Crippen LogP contribution in [-0.2, 0) is 17.6 Å². The molecule has 2 aromatic rings. The van der Waals surface area contributed by atoms with E-state index in [9.17, 15) is 4.79 Å². The molecule has 1 heterocycles. The van der Waals surface area contributed by atoms with E-state index in [0.717, 1.165) is 23.4 Å². The summed E-state index contributed by atoms with van der Waals surface area (Å²) in [5.41, 5.74) is 3.02. The summed E-state index contributed by atoms with van der Waals surface area (Å²) in [5, 5.41) is 14.0. The molecule has 1 aromatic heterocycles. The quantitative estimate of drug-likeness (QED) is 0.807. The zero-order valence-corrected chi connectivity index (χ0v) is 13.5. The van der Waals surface area contributed by atoms with Gasteiger partial charge in [-0.25, -0.2) is 9.48 Å². The molecule has 0 amide bonds. The molecule has 1 atom stereocenters. The second kappa shape index (κ2) is 6.43. The van der Waals surface area contributed by atoms with E-state index < -0.39 is 5.97 Å². The van der Waals surface area contributed by atoms with Gasteiger partial charge in [-0.1, -0.05) is 17.7 Å². The lowest BCUT2D eigenvalue weighted by molar-refractivity contribution is 0.0517. The molecule has 3 rings (SSSR count). The van der Waals surface area contributed by atoms with Gasteiger partial charge in [0.25, 0.3) is 0 Å². The summed E-state index contributed by atoms with van der Waals surface area (Å²) in [6, 6.07) is 9.55. The first-order chi connectivity index (χ1) is 11.1. The van der Waals surface area contributed by atoms with E-state index in [-0.39, 0.29) is 5.92 Å². The molecular formula is C17H16ClN3O2. The fourth-order valence-corrected chi connectivity index (χ4v) is 3.19. The van der Waals surface area contributed by atoms with Crippen molar-refractivity contribution in [3.05, 3.63) is 46.2 Å². The van der Waals surface area contributed by atoms with Crippen molar-refractivity contribution in [2.24, 2.45) is 5.92 Å². The number of rotatable bonds is 4. The van der Waals surface area contributed by atoms with Crippen LogP contribution in [0.25, 0.3) is 5.69 Å². The van der Waals surface area contributed by atoms with E-state index in [1.165, 1.54) is 0 Å². The van der Waals surface area contributed by atoms with Gasteiger partial charge >= 0.3 is 5.97 Å². The molecule has 6 heteroatoms. The van der Waals surface area contributed by atoms with Crippen LogP contribution in [0.1, 0.15) is 35.1 Å². The molecule has 0 saturated heterocycles. The van der Waals surface area contributed by atoms with Crippen LogP contribution in [0.4, 0.5) is 0 Å². The predicted molar refractivity (Wildman–Crippen MR) is 85.7 cm³/mol. The van der Waals surface area contributed by atoms with Crippen molar-refractivity contribution in [2.45, 2.75) is 26.2 Å². The van der Waals surface area contributed by atoms with Gasteiger partial charge < -0.3 is 4.74 Å². The first-order valence-electron chi connectivity index (χ1n) is 7.54. The highest BCUT2D eigenvalue weighted by Gasteiger charge is 2.32. The number of nitriles is 1. The molecule has 0 saturated carbocycles. The molecule has 0 N–H and O–H groups in total. The number of nitrogens with zero attached hydrogens (tertiary/aromatic N) is 3. The van der Waals surface area contributed by atoms with E-state index >= 15 is 0 Å². The average molecular weight is 330 g/mol. The molecule has 5 nitrogen and oxygen atoms in total. The maximum absolute atomic E-state index is 12.2. The maximum atomic E-state index is 12.2. The summed E-state index contributed by atoms with van der Waals surface area (Å²) in [6.07, 6.45) is 1.87. The van der Waals surface area contributed by atoms with Crippen LogP contribution < -0.4 is 0 Å². The van der Waals surface area contributed by atoms with Crippen molar-refractivity contribution in [3.63, 3.8) is 0 Å². The molecule has 0 spiro atoms. The number of fused-ring (bicyclic) bond motifs is 1. The molecule has 1 unspecified atom stereocenters. The van der Waals surface area contributed by atoms with E-state index in [1.54, 1.807) is 23.7 Å². The van der Waals surface area contributed by atoms with Crippen molar-refractivity contribution in [1.82, 2.24) is 9.78 Å². The normalized spacial score (nSPS) is 16.0. The van der Waals surface area contributed by atoms with E-state index in [2.05, 4.69) is 11.2 Å². The second-order valence-electron chi connectivity index (χ2n) is 5.52. The second-order valence-corrected chi connectivity index (χ2v) is 5.96. The van der Waals surface area contributed by atoms with Crippen molar-refractivity contribution in [1.29, 1.82) is 5.26 Å². The van der Waals surface area contributed by atoms with Crippen LogP contribution in [0.5, 0.6) is 0 Å². The monoisotopic (exact) mass is 329 g/mol. The van der Waals surface area contributed by atoms with Gasteiger partial charge in [-0.15, -0.1) is 0 Å². The molecule has 1 aromatic carbocycles. The van der Waals surface area contributed by atoms with E-state index in [0.29, 0.717) is 30.2 Å². The smallest absolute Gasteiger partial charge is 0.359 e. The Morgan fingerprint density at radius 3 is 3.04 bits per heavy atom. The lowest BCUT2D eigenvalue weighted by Crippen LogP contribution is -2.11. The fourth-order valence-electron chi connectivity index (χ4n) is 3.00. The minimum absolute atomic E-state index is 0.214. The lowest BCUT2D eigenvalue weighted by Gasteiger charge is -2.08. The first kappa shape index (κ1) is 15.6. The van der Waals surface area contributed by atoms with Gasteiger partial charge in [0.05, 0.1) is 18.4 Å². The number of benzene rings is 1. The summed E-state index contributed by atoms with van der Waals surface area (Å²) in [7, 11) is 0. The molecular weight excluding hydrogens is 314 g/mol. The third kappa shape index (κ3) is 2.95. The number of ether oxygens (including phenoxy) is 1. The topological polar surface area (TPSA) is 67.9 Å². The van der Waals surface area contributed by atoms with Crippen LogP contribution in [0, 0.1) is 17.2 Å². The Labute approximate surface area is 139 Å². The number of hydrogen-bond donors (Lipinski definition) is 0. The van der Waals surface area contributed by atoms with Crippen LogP contribution in [0.15, 0.2) is 24.3 Å². The average Bonchev–Trinajstić information content (AvgIpc) is 3.06. The first-order valence-corrected chi connectivity index (χ1v) is 7.92. The summed E-state index contributed by atoms with van der Waals surface area (Å²) >= 11 is 6.07. The molecule has 1 aliphatic rings. The number of esters is 1. The third-order valence-electron chi connectivity index (χ3n) is 3.97. The molecule has 0 radical (unpaired) electrons. The molecule has 0 aliphatic heterocycles. The molecule has 23 heavy (non-hydrogen) atoms. The number of halogens is 1. The lowest BCUT2D eigenvalue weighted by atomic mass is 10.0. The number of hydrogen-bond acceptors (Lipinski definition) is 4. The minimum atomic E-state index is -0.415. The Bertz CT molecular complexity index is 792. The van der Waals surface area contributed by atoms with Gasteiger partial charge in [0.15, 0.2) is 5.69 Å². The Kier molecular flexibility index (Phi) is 4.35. The van der Waals surface area contributed by atoms with Gasteiger partial charge in [-0.3, -0.25) is 0 Å². The summed E-state index contributed by atoms with van der Waals surface area (Å²) in [6.45, 7) is 2.07. The Morgan fingerprint density at radius 2 is 2.35 bits per heavy atom. The van der Waals surface area contributed by atoms with E-state index in [1.807, 2.05) is 12.1 Å². The van der Waals surface area contributed by atoms with Gasteiger partial charge in [-0.2, -0.15) is 10.4 Å². The van der Waals surface area contributed by atoms with Crippen LogP contribution in [-0.4, -0.2) is 22.4 Å². The highest BCUT2D eigenvalue weighted by molar-refractivity contribution is 6.30. The number of carbonyl (C=O) groups excluding carboxylic acids is 1. The van der Waals surface area contributed by atoms with E-state index in [4.69, 9.17) is 21.6 Å². The standard InChI is InChI=1S/C17H16ClN3O2/c1-2-23-17(22)16-14-8-11(6-7-19)9-15(14)21(20-16)13-5-3-4-12(18)10-13/h3-5,10-11H,2,6,8-9H2,1H3. The van der Waals surface area contributed by atoms with Crippen molar-refractivity contribution < 1.29 is 9.53 Å². The zero-order chi connectivity index (χ0) is 16.4. The molecule has 1 aliphatic carbocycles. The summed E-state index contributed by atoms with van der Waals surface area (Å²) in [4.78, 5) is 12.2. The Morgan fingerprint density at radius 1 is 1.52 bits per heavy atom. The number of carbonyl (C=O) groups is 1. The Hall–Kier alpha value is -2.32. The van der Waals surface area contributed by atoms with Crippen molar-refractivity contribution in [3.8, 4) is 11.8 Å². The van der Waals surface area contributed by atoms with Gasteiger partial charge in [0, 0.05) is 22.7 Å². The minimum Gasteiger partial charge on any atom is -0.461 e. The highest BCUT2D eigenvalue weighted by atomic mass is 35.5. The number of aromatic nitrogens is 2. The van der Waals surface area contributed by atoms with Gasteiger partial charge in [0.1, 0.15) is 0 Å². The van der Waals surface area contributed by atoms with Crippen LogP contribution >= 0.6 is 11.6 Å². The fraction of sp³-hybridized carbons (Fsp3) is 0.353. The van der Waals surface area contributed by atoms with Gasteiger partial charge in [0.2, 0.25) is 0 Å². The van der Waals surface area contributed by atoms with Crippen molar-refractivity contribution >= 4 is 17.6 Å². The Balaban J connectivity index is 2.06. The van der Waals surface area contributed by atoms with Crippen LogP contribution in [0.3, 0.4) is 0 Å². The van der Waals surface area contributed by atoms with Crippen molar-refractivity contribution in [2.75, 3.05) is 6.61 Å². The summed E-state index contributed by atoms with van der Waals surface area (Å²) < 4.78 is 6.87. The van der Waals surface area contributed by atoms with Crippen LogP contribution in [0.2, 0.25) is 5.02 Å². The maximum Gasteiger partial charge on any atom is 0.359 e. The zero-order valence-electron chi connectivity index (χ0n) is 12.8. The summed E-state index contributed by atoms with van der Waals surface area (Å²) in [5.74, 6) is -0.200. The largest absolute Gasteiger partial charge is 0.461 e. The molecule has 118 valence electrons. The van der Waals surface area contributed by atoms with Gasteiger partial charge in [-0.05, 0) is 43.9 Å². The SMILES string of the molecule is CCOC(=O)c1nn(-c2cccc(Cl)c2)c2c1CC(CC#N)C2. The third-order valence-corrected chi connectivity index (χ3v) is 4.20. The molecule has 0 bridgehead atoms. The predicted octanol–water partition coefficient (Wildman–Crippen LogP) is 3.33. The molecule has 0 fully saturated rings.